The minimum absolute atomic E-state index is 0.157. The predicted molar refractivity (Wildman–Crippen MR) is 68.9 cm³/mol. The van der Waals surface area contributed by atoms with Gasteiger partial charge in [-0.2, -0.15) is 0 Å². The molecule has 0 atom stereocenters. The van der Waals surface area contributed by atoms with E-state index in [1.165, 1.54) is 34.2 Å². The number of anilines is 1. The van der Waals surface area contributed by atoms with Crippen LogP contribution in [0, 0.1) is 0 Å². The fourth-order valence-electron chi connectivity index (χ4n) is 1.34. The van der Waals surface area contributed by atoms with Gasteiger partial charge in [-0.3, -0.25) is 14.9 Å². The molecule has 1 amide bonds. The summed E-state index contributed by atoms with van der Waals surface area (Å²) in [6, 6.07) is 2.84. The van der Waals surface area contributed by atoms with Crippen LogP contribution in [0.2, 0.25) is 0 Å². The van der Waals surface area contributed by atoms with E-state index in [2.05, 4.69) is 15.5 Å². The summed E-state index contributed by atoms with van der Waals surface area (Å²) in [5.74, 6) is -0.301. The average molecular weight is 264 g/mol. The van der Waals surface area contributed by atoms with E-state index in [9.17, 15) is 9.59 Å². The van der Waals surface area contributed by atoms with Crippen molar-refractivity contribution in [3.05, 3.63) is 39.3 Å². The number of rotatable bonds is 3. The molecule has 0 aromatic carbocycles. The number of aryl methyl sites for hydroxylation is 2. The third-order valence-corrected chi connectivity index (χ3v) is 3.32. The van der Waals surface area contributed by atoms with Gasteiger partial charge >= 0.3 is 0 Å². The molecular weight excluding hydrogens is 252 g/mol. The van der Waals surface area contributed by atoms with E-state index in [4.69, 9.17) is 0 Å². The Morgan fingerprint density at radius 1 is 1.44 bits per heavy atom. The number of hydrogen-bond acceptors (Lipinski definition) is 5. The first-order chi connectivity index (χ1) is 8.60. The minimum atomic E-state index is -0.301. The molecule has 94 valence electrons. The van der Waals surface area contributed by atoms with Gasteiger partial charge in [0.2, 0.25) is 10.7 Å². The number of hydrogen-bond donors (Lipinski definition) is 1. The van der Waals surface area contributed by atoms with Crippen LogP contribution in [0.3, 0.4) is 0 Å². The van der Waals surface area contributed by atoms with Crippen LogP contribution < -0.4 is 10.9 Å². The Kier molecular flexibility index (Phi) is 3.52. The highest BCUT2D eigenvalue weighted by Gasteiger charge is 2.10. The summed E-state index contributed by atoms with van der Waals surface area (Å²) in [6.07, 6.45) is 2.27. The molecule has 2 aromatic heterocycles. The molecule has 0 aliphatic carbocycles. The van der Waals surface area contributed by atoms with Crippen LogP contribution in [-0.4, -0.2) is 20.7 Å². The molecule has 0 unspecified atom stereocenters. The van der Waals surface area contributed by atoms with Crippen LogP contribution in [0.4, 0.5) is 5.13 Å². The van der Waals surface area contributed by atoms with E-state index in [0.29, 0.717) is 10.7 Å². The molecule has 2 aromatic rings. The van der Waals surface area contributed by atoms with Gasteiger partial charge in [-0.15, -0.1) is 10.2 Å². The first kappa shape index (κ1) is 12.4. The quantitative estimate of drug-likeness (QED) is 0.899. The Hall–Kier alpha value is -2.02. The molecule has 0 aliphatic rings. The maximum Gasteiger partial charge on any atom is 0.258 e. The van der Waals surface area contributed by atoms with Crippen molar-refractivity contribution < 1.29 is 4.79 Å². The molecule has 6 nitrogen and oxygen atoms in total. The van der Waals surface area contributed by atoms with Gasteiger partial charge in [0.05, 0.1) is 5.56 Å². The van der Waals surface area contributed by atoms with E-state index in [1.807, 2.05) is 6.92 Å². The van der Waals surface area contributed by atoms with Crippen molar-refractivity contribution in [2.45, 2.75) is 13.3 Å². The molecule has 2 rings (SSSR count). The van der Waals surface area contributed by atoms with Crippen molar-refractivity contribution in [3.63, 3.8) is 0 Å². The number of carbonyl (C=O) groups excluding carboxylic acids is 1. The lowest BCUT2D eigenvalue weighted by Gasteiger charge is -2.02. The van der Waals surface area contributed by atoms with E-state index < -0.39 is 0 Å². The Balaban J connectivity index is 2.16. The predicted octanol–water partition coefficient (Wildman–Crippen LogP) is 1.05. The van der Waals surface area contributed by atoms with Gasteiger partial charge < -0.3 is 4.57 Å². The SMILES string of the molecule is CCc1nnc(NC(=O)c2ccc(=O)n(C)c2)s1. The van der Waals surface area contributed by atoms with Crippen LogP contribution in [0.15, 0.2) is 23.1 Å². The topological polar surface area (TPSA) is 76.9 Å². The second kappa shape index (κ2) is 5.09. The summed E-state index contributed by atoms with van der Waals surface area (Å²) in [6.45, 7) is 1.97. The standard InChI is InChI=1S/C11H12N4O2S/c1-3-8-13-14-11(18-8)12-10(17)7-4-5-9(16)15(2)6-7/h4-6H,3H2,1-2H3,(H,12,14,17). The summed E-state index contributed by atoms with van der Waals surface area (Å²) in [5, 5.41) is 11.8. The van der Waals surface area contributed by atoms with Gasteiger partial charge in [-0.25, -0.2) is 0 Å². The van der Waals surface area contributed by atoms with Crippen molar-refractivity contribution in [2.24, 2.45) is 7.05 Å². The largest absolute Gasteiger partial charge is 0.318 e. The molecule has 0 saturated heterocycles. The molecule has 0 saturated carbocycles. The monoisotopic (exact) mass is 264 g/mol. The second-order valence-electron chi connectivity index (χ2n) is 3.68. The molecule has 18 heavy (non-hydrogen) atoms. The maximum absolute atomic E-state index is 11.9. The lowest BCUT2D eigenvalue weighted by molar-refractivity contribution is 0.102. The zero-order valence-electron chi connectivity index (χ0n) is 10.0. The van der Waals surface area contributed by atoms with E-state index in [0.717, 1.165) is 11.4 Å². The molecule has 2 heterocycles. The van der Waals surface area contributed by atoms with E-state index in [1.54, 1.807) is 7.05 Å². The number of carbonyl (C=O) groups is 1. The van der Waals surface area contributed by atoms with Gasteiger partial charge in [-0.1, -0.05) is 18.3 Å². The van der Waals surface area contributed by atoms with Crippen molar-refractivity contribution in [1.82, 2.24) is 14.8 Å². The third kappa shape index (κ3) is 2.62. The van der Waals surface area contributed by atoms with Crippen molar-refractivity contribution in [3.8, 4) is 0 Å². The van der Waals surface area contributed by atoms with Crippen LogP contribution >= 0.6 is 11.3 Å². The Labute approximate surface area is 107 Å². The lowest BCUT2D eigenvalue weighted by atomic mass is 10.2. The number of amides is 1. The average Bonchev–Trinajstić information content (AvgIpc) is 2.80. The summed E-state index contributed by atoms with van der Waals surface area (Å²) in [5.41, 5.74) is 0.251. The number of pyridine rings is 1. The van der Waals surface area contributed by atoms with Gasteiger partial charge in [-0.05, 0) is 12.5 Å². The van der Waals surface area contributed by atoms with Crippen LogP contribution in [-0.2, 0) is 13.5 Å². The lowest BCUT2D eigenvalue weighted by Crippen LogP contribution is -2.19. The first-order valence-electron chi connectivity index (χ1n) is 5.40. The summed E-state index contributed by atoms with van der Waals surface area (Å²) in [7, 11) is 1.60. The van der Waals surface area contributed by atoms with Crippen LogP contribution in [0.1, 0.15) is 22.3 Å². The second-order valence-corrected chi connectivity index (χ2v) is 4.74. The summed E-state index contributed by atoms with van der Waals surface area (Å²) >= 11 is 1.34. The van der Waals surface area contributed by atoms with E-state index >= 15 is 0 Å². The smallest absolute Gasteiger partial charge is 0.258 e. The number of nitrogens with one attached hydrogen (secondary N) is 1. The Bertz CT molecular complexity index is 632. The van der Waals surface area contributed by atoms with Gasteiger partial charge in [0.25, 0.3) is 5.91 Å². The maximum atomic E-state index is 11.9. The Morgan fingerprint density at radius 3 is 2.83 bits per heavy atom. The van der Waals surface area contributed by atoms with Crippen molar-refractivity contribution in [2.75, 3.05) is 5.32 Å². The molecular formula is C11H12N4O2S. The number of nitrogens with zero attached hydrogens (tertiary/aromatic N) is 3. The van der Waals surface area contributed by atoms with Gasteiger partial charge in [0, 0.05) is 19.3 Å². The fraction of sp³-hybridized carbons (Fsp3) is 0.273. The molecule has 0 aliphatic heterocycles. The van der Waals surface area contributed by atoms with Crippen LogP contribution in [0.25, 0.3) is 0 Å². The normalized spacial score (nSPS) is 10.3. The zero-order valence-corrected chi connectivity index (χ0v) is 10.8. The van der Waals surface area contributed by atoms with Crippen molar-refractivity contribution in [1.29, 1.82) is 0 Å². The highest BCUT2D eigenvalue weighted by Crippen LogP contribution is 2.16. The third-order valence-electron chi connectivity index (χ3n) is 2.34. The molecule has 0 radical (unpaired) electrons. The van der Waals surface area contributed by atoms with E-state index in [-0.39, 0.29) is 11.5 Å². The molecule has 0 fully saturated rings. The zero-order chi connectivity index (χ0) is 13.1. The summed E-state index contributed by atoms with van der Waals surface area (Å²) in [4.78, 5) is 23.1. The molecule has 0 bridgehead atoms. The van der Waals surface area contributed by atoms with Gasteiger partial charge in [0.15, 0.2) is 0 Å². The number of aromatic nitrogens is 3. The Morgan fingerprint density at radius 2 is 2.22 bits per heavy atom. The fourth-order valence-corrected chi connectivity index (χ4v) is 2.02. The summed E-state index contributed by atoms with van der Waals surface area (Å²) < 4.78 is 1.35. The molecule has 7 heteroatoms. The highest BCUT2D eigenvalue weighted by molar-refractivity contribution is 7.15. The minimum Gasteiger partial charge on any atom is -0.318 e. The van der Waals surface area contributed by atoms with Gasteiger partial charge in [0.1, 0.15) is 5.01 Å². The highest BCUT2D eigenvalue weighted by atomic mass is 32.1. The first-order valence-corrected chi connectivity index (χ1v) is 6.22. The van der Waals surface area contributed by atoms with Crippen LogP contribution in [0.5, 0.6) is 0 Å². The molecule has 1 N–H and O–H groups in total. The molecule has 0 spiro atoms. The van der Waals surface area contributed by atoms with Crippen molar-refractivity contribution >= 4 is 22.4 Å².